The molecule has 4 nitrogen and oxygen atoms in total. The van der Waals surface area contributed by atoms with Gasteiger partial charge in [-0.25, -0.2) is 0 Å². The second kappa shape index (κ2) is 10.5. The van der Waals surface area contributed by atoms with Crippen LogP contribution in [0.5, 0.6) is 0 Å². The minimum atomic E-state index is -0.0179. The number of nitrogens with one attached hydrogen (secondary N) is 2. The van der Waals surface area contributed by atoms with E-state index in [-0.39, 0.29) is 17.7 Å². The molecule has 0 aromatic heterocycles. The number of benzene rings is 2. The Hall–Kier alpha value is -2.27. The van der Waals surface area contributed by atoms with Crippen molar-refractivity contribution in [2.75, 3.05) is 16.4 Å². The van der Waals surface area contributed by atoms with Gasteiger partial charge in [-0.2, -0.15) is 0 Å². The fourth-order valence-electron chi connectivity index (χ4n) is 3.80. The Kier molecular flexibility index (Phi) is 7.76. The summed E-state index contributed by atoms with van der Waals surface area (Å²) >= 11 is 1.48. The van der Waals surface area contributed by atoms with Gasteiger partial charge in [0, 0.05) is 22.2 Å². The third-order valence-corrected chi connectivity index (χ3v) is 6.45. The molecule has 2 amide bonds. The molecule has 1 saturated carbocycles. The Labute approximate surface area is 177 Å². The number of para-hydroxylation sites is 1. The first-order valence-electron chi connectivity index (χ1n) is 10.5. The number of aryl methyl sites for hydroxylation is 2. The molecule has 2 N–H and O–H groups in total. The molecule has 1 aliphatic carbocycles. The molecule has 0 heterocycles. The maximum absolute atomic E-state index is 12.5. The number of thioether (sulfide) groups is 1. The summed E-state index contributed by atoms with van der Waals surface area (Å²) in [5.41, 5.74) is 3.96. The number of amides is 2. The van der Waals surface area contributed by atoms with Gasteiger partial charge in [0.05, 0.1) is 5.75 Å². The largest absolute Gasteiger partial charge is 0.326 e. The Morgan fingerprint density at radius 1 is 1.03 bits per heavy atom. The summed E-state index contributed by atoms with van der Waals surface area (Å²) in [7, 11) is 0. The van der Waals surface area contributed by atoms with Crippen LogP contribution in [0.4, 0.5) is 11.4 Å². The van der Waals surface area contributed by atoms with Crippen LogP contribution < -0.4 is 10.6 Å². The fraction of sp³-hybridized carbons (Fsp3) is 0.417. The Morgan fingerprint density at radius 2 is 1.79 bits per heavy atom. The van der Waals surface area contributed by atoms with Crippen LogP contribution >= 0.6 is 11.8 Å². The SMILES string of the molecule is CCc1cccc(C)c1NC(=O)CSc1cccc(NC(=O)C2CCCCC2)c1. The molecule has 0 atom stereocenters. The first kappa shape index (κ1) is 21.4. The van der Waals surface area contributed by atoms with Crippen LogP contribution in [-0.4, -0.2) is 17.6 Å². The zero-order chi connectivity index (χ0) is 20.6. The lowest BCUT2D eigenvalue weighted by Crippen LogP contribution is -2.24. The second-order valence-corrected chi connectivity index (χ2v) is 8.70. The average molecular weight is 411 g/mol. The lowest BCUT2D eigenvalue weighted by Gasteiger charge is -2.20. The fourth-order valence-corrected chi connectivity index (χ4v) is 4.55. The number of anilines is 2. The van der Waals surface area contributed by atoms with Crippen LogP contribution in [0.2, 0.25) is 0 Å². The minimum absolute atomic E-state index is 0.0179. The van der Waals surface area contributed by atoms with Gasteiger partial charge in [0.1, 0.15) is 0 Å². The maximum atomic E-state index is 12.5. The smallest absolute Gasteiger partial charge is 0.234 e. The van der Waals surface area contributed by atoms with Crippen molar-refractivity contribution in [3.63, 3.8) is 0 Å². The first-order valence-corrected chi connectivity index (χ1v) is 11.5. The molecule has 1 fully saturated rings. The third kappa shape index (κ3) is 6.10. The highest BCUT2D eigenvalue weighted by Gasteiger charge is 2.21. The standard InChI is InChI=1S/C24H30N2O2S/c1-3-18-12-7-9-17(2)23(18)26-22(27)16-29-21-14-8-13-20(15-21)25-24(28)19-10-5-4-6-11-19/h7-9,12-15,19H,3-6,10-11,16H2,1-2H3,(H,25,28)(H,26,27). The van der Waals surface area contributed by atoms with E-state index in [4.69, 9.17) is 0 Å². The van der Waals surface area contributed by atoms with E-state index < -0.39 is 0 Å². The lowest BCUT2D eigenvalue weighted by molar-refractivity contribution is -0.120. The van der Waals surface area contributed by atoms with E-state index in [1.165, 1.54) is 18.2 Å². The van der Waals surface area contributed by atoms with Gasteiger partial charge in [-0.15, -0.1) is 11.8 Å². The van der Waals surface area contributed by atoms with Crippen molar-refractivity contribution in [1.82, 2.24) is 0 Å². The molecule has 5 heteroatoms. The van der Waals surface area contributed by atoms with Gasteiger partial charge < -0.3 is 10.6 Å². The molecule has 1 aliphatic rings. The second-order valence-electron chi connectivity index (χ2n) is 7.65. The maximum Gasteiger partial charge on any atom is 0.234 e. The van der Waals surface area contributed by atoms with Gasteiger partial charge >= 0.3 is 0 Å². The quantitative estimate of drug-likeness (QED) is 0.567. The zero-order valence-corrected chi connectivity index (χ0v) is 18.1. The molecular formula is C24H30N2O2S. The molecule has 2 aromatic carbocycles. The predicted octanol–water partition coefficient (Wildman–Crippen LogP) is 5.81. The summed E-state index contributed by atoms with van der Waals surface area (Å²) in [5.74, 6) is 0.567. The molecular weight excluding hydrogens is 380 g/mol. The van der Waals surface area contributed by atoms with Gasteiger partial charge in [-0.1, -0.05) is 50.5 Å². The Bertz CT molecular complexity index is 860. The number of hydrogen-bond donors (Lipinski definition) is 2. The molecule has 3 rings (SSSR count). The van der Waals surface area contributed by atoms with Crippen molar-refractivity contribution < 1.29 is 9.59 Å². The van der Waals surface area contributed by atoms with E-state index in [0.717, 1.165) is 59.5 Å². The molecule has 0 unspecified atom stereocenters. The molecule has 154 valence electrons. The third-order valence-electron chi connectivity index (χ3n) is 5.45. The summed E-state index contributed by atoms with van der Waals surface area (Å²) in [4.78, 5) is 25.9. The van der Waals surface area contributed by atoms with Crippen LogP contribution in [0.3, 0.4) is 0 Å². The zero-order valence-electron chi connectivity index (χ0n) is 17.3. The van der Waals surface area contributed by atoms with Crippen molar-refractivity contribution in [2.24, 2.45) is 5.92 Å². The predicted molar refractivity (Wildman–Crippen MR) is 122 cm³/mol. The molecule has 0 aliphatic heterocycles. The molecule has 0 spiro atoms. The highest BCUT2D eigenvalue weighted by atomic mass is 32.2. The van der Waals surface area contributed by atoms with Crippen molar-refractivity contribution in [3.8, 4) is 0 Å². The number of carbonyl (C=O) groups is 2. The van der Waals surface area contributed by atoms with E-state index in [1.807, 2.05) is 49.4 Å². The van der Waals surface area contributed by atoms with E-state index in [0.29, 0.717) is 5.75 Å². The Balaban J connectivity index is 1.55. The average Bonchev–Trinajstić information content (AvgIpc) is 2.74. The summed E-state index contributed by atoms with van der Waals surface area (Å²) in [5, 5.41) is 6.11. The molecule has 29 heavy (non-hydrogen) atoms. The van der Waals surface area contributed by atoms with Gasteiger partial charge in [0.25, 0.3) is 0 Å². The van der Waals surface area contributed by atoms with Gasteiger partial charge in [0.15, 0.2) is 0 Å². The Morgan fingerprint density at radius 3 is 2.55 bits per heavy atom. The van der Waals surface area contributed by atoms with Crippen molar-refractivity contribution in [2.45, 2.75) is 57.3 Å². The molecule has 0 radical (unpaired) electrons. The summed E-state index contributed by atoms with van der Waals surface area (Å²) in [6, 6.07) is 13.8. The van der Waals surface area contributed by atoms with Crippen LogP contribution in [0, 0.1) is 12.8 Å². The first-order chi connectivity index (χ1) is 14.1. The lowest BCUT2D eigenvalue weighted by atomic mass is 9.88. The van der Waals surface area contributed by atoms with Gasteiger partial charge in [-0.05, 0) is 55.5 Å². The van der Waals surface area contributed by atoms with Crippen molar-refractivity contribution in [3.05, 3.63) is 53.6 Å². The van der Waals surface area contributed by atoms with Gasteiger partial charge in [0.2, 0.25) is 11.8 Å². The topological polar surface area (TPSA) is 58.2 Å². The van der Waals surface area contributed by atoms with E-state index >= 15 is 0 Å². The number of carbonyl (C=O) groups excluding carboxylic acids is 2. The number of hydrogen-bond acceptors (Lipinski definition) is 3. The normalized spacial score (nSPS) is 14.4. The van der Waals surface area contributed by atoms with Crippen molar-refractivity contribution in [1.29, 1.82) is 0 Å². The molecule has 0 bridgehead atoms. The van der Waals surface area contributed by atoms with Crippen LogP contribution in [0.15, 0.2) is 47.4 Å². The number of rotatable bonds is 7. The summed E-state index contributed by atoms with van der Waals surface area (Å²) in [6.45, 7) is 4.10. The molecule has 0 saturated heterocycles. The minimum Gasteiger partial charge on any atom is -0.326 e. The van der Waals surface area contributed by atoms with Crippen LogP contribution in [0.1, 0.15) is 50.2 Å². The highest BCUT2D eigenvalue weighted by Crippen LogP contribution is 2.27. The van der Waals surface area contributed by atoms with E-state index in [1.54, 1.807) is 0 Å². The van der Waals surface area contributed by atoms with E-state index in [2.05, 4.69) is 17.6 Å². The molecule has 2 aromatic rings. The van der Waals surface area contributed by atoms with Crippen molar-refractivity contribution >= 4 is 35.0 Å². The summed E-state index contributed by atoms with van der Waals surface area (Å²) < 4.78 is 0. The van der Waals surface area contributed by atoms with Crippen LogP contribution in [-0.2, 0) is 16.0 Å². The van der Waals surface area contributed by atoms with Crippen LogP contribution in [0.25, 0.3) is 0 Å². The van der Waals surface area contributed by atoms with E-state index in [9.17, 15) is 9.59 Å². The monoisotopic (exact) mass is 410 g/mol. The highest BCUT2D eigenvalue weighted by molar-refractivity contribution is 8.00. The summed E-state index contributed by atoms with van der Waals surface area (Å²) in [6.07, 6.45) is 6.37. The van der Waals surface area contributed by atoms with Gasteiger partial charge in [-0.3, -0.25) is 9.59 Å².